The number of halogens is 1. The molecule has 23 heavy (non-hydrogen) atoms. The number of amides is 2. The fraction of sp³-hybridized carbons (Fsp3) is 0.111. The van der Waals surface area contributed by atoms with Crippen molar-refractivity contribution in [1.82, 2.24) is 0 Å². The molecule has 2 amide bonds. The number of rotatable bonds is 4. The Hall–Kier alpha value is -2.59. The first kappa shape index (κ1) is 16.8. The number of carbonyl (C=O) groups excluding carboxylic acids is 2. The van der Waals surface area contributed by atoms with Crippen molar-refractivity contribution in [2.24, 2.45) is 0 Å². The molecule has 0 heterocycles. The van der Waals surface area contributed by atoms with Gasteiger partial charge in [-0.3, -0.25) is 9.59 Å². The number of hydrogen-bond acceptors (Lipinski definition) is 2. The van der Waals surface area contributed by atoms with Crippen molar-refractivity contribution in [2.75, 3.05) is 10.6 Å². The summed E-state index contributed by atoms with van der Waals surface area (Å²) >= 11 is 5.90. The van der Waals surface area contributed by atoms with E-state index in [-0.39, 0.29) is 11.8 Å². The minimum absolute atomic E-state index is 0.155. The Morgan fingerprint density at radius 1 is 1.04 bits per heavy atom. The Bertz CT molecular complexity index is 769. The van der Waals surface area contributed by atoms with Crippen LogP contribution in [0.4, 0.5) is 11.4 Å². The molecule has 4 nitrogen and oxygen atoms in total. The van der Waals surface area contributed by atoms with E-state index in [0.717, 1.165) is 11.1 Å². The van der Waals surface area contributed by atoms with Crippen LogP contribution in [0.1, 0.15) is 18.1 Å². The summed E-state index contributed by atoms with van der Waals surface area (Å²) in [5.74, 6) is -0.412. The van der Waals surface area contributed by atoms with Gasteiger partial charge in [-0.2, -0.15) is 0 Å². The number of benzene rings is 2. The average molecular weight is 329 g/mol. The van der Waals surface area contributed by atoms with Crippen LogP contribution in [0.15, 0.2) is 48.5 Å². The lowest BCUT2D eigenvalue weighted by atomic mass is 10.1. The van der Waals surface area contributed by atoms with Crippen LogP contribution in [0.5, 0.6) is 0 Å². The topological polar surface area (TPSA) is 58.2 Å². The van der Waals surface area contributed by atoms with Crippen LogP contribution in [0, 0.1) is 6.92 Å². The van der Waals surface area contributed by atoms with Crippen LogP contribution in [0.25, 0.3) is 6.08 Å². The highest BCUT2D eigenvalue weighted by molar-refractivity contribution is 6.30. The van der Waals surface area contributed by atoms with E-state index in [9.17, 15) is 9.59 Å². The zero-order valence-electron chi connectivity index (χ0n) is 12.9. The molecule has 0 fully saturated rings. The van der Waals surface area contributed by atoms with Gasteiger partial charge in [0.2, 0.25) is 11.8 Å². The number of carbonyl (C=O) groups is 2. The van der Waals surface area contributed by atoms with Crippen LogP contribution < -0.4 is 10.6 Å². The molecule has 118 valence electrons. The van der Waals surface area contributed by atoms with Gasteiger partial charge in [-0.25, -0.2) is 0 Å². The van der Waals surface area contributed by atoms with Crippen molar-refractivity contribution < 1.29 is 9.59 Å². The lowest BCUT2D eigenvalue weighted by molar-refractivity contribution is -0.114. The van der Waals surface area contributed by atoms with E-state index in [1.165, 1.54) is 13.0 Å². The third kappa shape index (κ3) is 4.97. The fourth-order valence-electron chi connectivity index (χ4n) is 2.05. The molecule has 2 N–H and O–H groups in total. The van der Waals surface area contributed by atoms with Gasteiger partial charge in [-0.1, -0.05) is 29.8 Å². The summed E-state index contributed by atoms with van der Waals surface area (Å²) in [6.07, 6.45) is 3.13. The van der Waals surface area contributed by atoms with Crippen molar-refractivity contribution in [3.05, 3.63) is 64.7 Å². The summed E-state index contributed by atoms with van der Waals surface area (Å²) in [5, 5.41) is 6.14. The highest BCUT2D eigenvalue weighted by Gasteiger charge is 2.06. The lowest BCUT2D eigenvalue weighted by Crippen LogP contribution is -2.12. The van der Waals surface area contributed by atoms with Crippen molar-refractivity contribution in [1.29, 1.82) is 0 Å². The Morgan fingerprint density at radius 3 is 2.35 bits per heavy atom. The molecule has 0 saturated heterocycles. The maximum absolute atomic E-state index is 12.0. The maximum atomic E-state index is 12.0. The molecule has 0 bridgehead atoms. The molecule has 2 aromatic rings. The quantitative estimate of drug-likeness (QED) is 0.824. The third-order valence-electron chi connectivity index (χ3n) is 3.18. The predicted octanol–water partition coefficient (Wildman–Crippen LogP) is 4.26. The highest BCUT2D eigenvalue weighted by Crippen LogP contribution is 2.23. The molecule has 0 aliphatic carbocycles. The van der Waals surface area contributed by atoms with Gasteiger partial charge in [-0.05, 0) is 48.4 Å². The molecule has 0 saturated carbocycles. The highest BCUT2D eigenvalue weighted by atomic mass is 35.5. The number of hydrogen-bond donors (Lipinski definition) is 2. The van der Waals surface area contributed by atoms with Gasteiger partial charge in [-0.15, -0.1) is 0 Å². The minimum atomic E-state index is -0.256. The first-order valence-corrected chi connectivity index (χ1v) is 7.45. The largest absolute Gasteiger partial charge is 0.326 e. The van der Waals surface area contributed by atoms with E-state index in [2.05, 4.69) is 10.6 Å². The van der Waals surface area contributed by atoms with Crippen molar-refractivity contribution in [3.8, 4) is 0 Å². The molecule has 2 rings (SSSR count). The molecule has 0 unspecified atom stereocenters. The molecule has 0 aliphatic heterocycles. The van der Waals surface area contributed by atoms with Crippen LogP contribution >= 0.6 is 11.6 Å². The SMILES string of the molecule is CC(=O)Nc1cccc(NC(=O)/C=C/c2cccc(Cl)c2)c1C. The van der Waals surface area contributed by atoms with Gasteiger partial charge in [0, 0.05) is 29.4 Å². The second kappa shape index (κ2) is 7.61. The van der Waals surface area contributed by atoms with E-state index >= 15 is 0 Å². The van der Waals surface area contributed by atoms with E-state index in [1.807, 2.05) is 19.1 Å². The Balaban J connectivity index is 2.10. The van der Waals surface area contributed by atoms with Crippen molar-refractivity contribution >= 4 is 40.9 Å². The lowest BCUT2D eigenvalue weighted by Gasteiger charge is -2.11. The van der Waals surface area contributed by atoms with Gasteiger partial charge in [0.05, 0.1) is 0 Å². The molecule has 0 spiro atoms. The van der Waals surface area contributed by atoms with Gasteiger partial charge < -0.3 is 10.6 Å². The van der Waals surface area contributed by atoms with Crippen LogP contribution in [0.2, 0.25) is 5.02 Å². The van der Waals surface area contributed by atoms with Crippen LogP contribution in [0.3, 0.4) is 0 Å². The monoisotopic (exact) mass is 328 g/mol. The predicted molar refractivity (Wildman–Crippen MR) is 94.6 cm³/mol. The summed E-state index contributed by atoms with van der Waals surface area (Å²) in [6, 6.07) is 12.6. The standard InChI is InChI=1S/C18H17ClN2O2/c1-12-16(20-13(2)22)7-4-8-17(12)21-18(23)10-9-14-5-3-6-15(19)11-14/h3-11H,1-2H3,(H,20,22)(H,21,23)/b10-9+. The van der Waals surface area contributed by atoms with Crippen molar-refractivity contribution in [2.45, 2.75) is 13.8 Å². The van der Waals surface area contributed by atoms with E-state index in [0.29, 0.717) is 16.4 Å². The maximum Gasteiger partial charge on any atom is 0.248 e. The van der Waals surface area contributed by atoms with E-state index in [4.69, 9.17) is 11.6 Å². The minimum Gasteiger partial charge on any atom is -0.326 e. The molecule has 5 heteroatoms. The van der Waals surface area contributed by atoms with Gasteiger partial charge in [0.15, 0.2) is 0 Å². The van der Waals surface area contributed by atoms with E-state index in [1.54, 1.807) is 36.4 Å². The number of nitrogens with one attached hydrogen (secondary N) is 2. The van der Waals surface area contributed by atoms with Crippen LogP contribution in [-0.2, 0) is 9.59 Å². The summed E-state index contributed by atoms with van der Waals surface area (Å²) in [5.41, 5.74) is 2.97. The first-order chi connectivity index (χ1) is 11.0. The van der Waals surface area contributed by atoms with Gasteiger partial charge in [0.25, 0.3) is 0 Å². The molecule has 0 aromatic heterocycles. The normalized spacial score (nSPS) is 10.6. The third-order valence-corrected chi connectivity index (χ3v) is 3.41. The summed E-state index contributed by atoms with van der Waals surface area (Å²) in [6.45, 7) is 3.28. The summed E-state index contributed by atoms with van der Waals surface area (Å²) < 4.78 is 0. The van der Waals surface area contributed by atoms with Gasteiger partial charge >= 0.3 is 0 Å². The zero-order chi connectivity index (χ0) is 16.8. The molecular formula is C18H17ClN2O2. The van der Waals surface area contributed by atoms with Crippen LogP contribution in [-0.4, -0.2) is 11.8 Å². The summed E-state index contributed by atoms with van der Waals surface area (Å²) in [7, 11) is 0. The first-order valence-electron chi connectivity index (χ1n) is 7.07. The second-order valence-corrected chi connectivity index (χ2v) is 5.47. The van der Waals surface area contributed by atoms with E-state index < -0.39 is 0 Å². The second-order valence-electron chi connectivity index (χ2n) is 5.04. The summed E-state index contributed by atoms with van der Waals surface area (Å²) in [4.78, 5) is 23.2. The average Bonchev–Trinajstić information content (AvgIpc) is 2.49. The molecule has 0 atom stereocenters. The Morgan fingerprint density at radius 2 is 1.70 bits per heavy atom. The fourth-order valence-corrected chi connectivity index (χ4v) is 2.25. The van der Waals surface area contributed by atoms with Crippen molar-refractivity contribution in [3.63, 3.8) is 0 Å². The Labute approximate surface area is 140 Å². The number of anilines is 2. The molecule has 2 aromatic carbocycles. The smallest absolute Gasteiger partial charge is 0.248 e. The zero-order valence-corrected chi connectivity index (χ0v) is 13.6. The molecule has 0 radical (unpaired) electrons. The Kier molecular flexibility index (Phi) is 5.55. The van der Waals surface area contributed by atoms with Gasteiger partial charge in [0.1, 0.15) is 0 Å². The molecular weight excluding hydrogens is 312 g/mol. The molecule has 0 aliphatic rings.